The summed E-state index contributed by atoms with van der Waals surface area (Å²) in [6, 6.07) is 0. The molecule has 0 bridgehead atoms. The van der Waals surface area contributed by atoms with Gasteiger partial charge in [0, 0.05) is 23.2 Å². The normalized spacial score (nSPS) is 13.8. The maximum Gasteiger partial charge on any atom is 0.180 e. The van der Waals surface area contributed by atoms with Crippen LogP contribution in [0.1, 0.15) is 10.6 Å². The summed E-state index contributed by atoms with van der Waals surface area (Å²) in [4.78, 5) is 5.64. The second-order valence-corrected chi connectivity index (χ2v) is 4.57. The topological polar surface area (TPSA) is 56.7 Å². The Hall–Kier alpha value is -1.36. The van der Waals surface area contributed by atoms with E-state index >= 15 is 0 Å². The minimum absolute atomic E-state index is 0.659. The van der Waals surface area contributed by atoms with Gasteiger partial charge in [0.1, 0.15) is 0 Å². The lowest BCUT2D eigenvalue weighted by molar-refractivity contribution is 0.702. The van der Waals surface area contributed by atoms with Gasteiger partial charge in [0.05, 0.1) is 11.9 Å². The molecule has 1 aliphatic rings. The smallest absolute Gasteiger partial charge is 0.180 e. The number of aryl methyl sites for hydroxylation is 2. The molecule has 2 aromatic rings. The summed E-state index contributed by atoms with van der Waals surface area (Å²) in [6.45, 7) is 0. The molecule has 0 unspecified atom stereocenters. The van der Waals surface area contributed by atoms with Crippen LogP contribution in [0.15, 0.2) is 6.20 Å². The van der Waals surface area contributed by atoms with E-state index in [1.807, 2.05) is 17.9 Å². The van der Waals surface area contributed by atoms with Gasteiger partial charge in [0.15, 0.2) is 5.13 Å². The molecule has 14 heavy (non-hydrogen) atoms. The predicted molar refractivity (Wildman–Crippen MR) is 56.1 cm³/mol. The first-order chi connectivity index (χ1) is 6.75. The van der Waals surface area contributed by atoms with E-state index < -0.39 is 0 Å². The van der Waals surface area contributed by atoms with Crippen LogP contribution in [-0.2, 0) is 19.9 Å². The lowest BCUT2D eigenvalue weighted by Crippen LogP contribution is -2.05. The van der Waals surface area contributed by atoms with Crippen molar-refractivity contribution in [3.05, 3.63) is 16.8 Å². The van der Waals surface area contributed by atoms with Gasteiger partial charge >= 0.3 is 0 Å². The fourth-order valence-corrected chi connectivity index (χ4v) is 2.78. The van der Waals surface area contributed by atoms with Gasteiger partial charge in [-0.25, -0.2) is 4.98 Å². The van der Waals surface area contributed by atoms with E-state index in [-0.39, 0.29) is 0 Å². The molecular formula is C9H10N4S. The van der Waals surface area contributed by atoms with E-state index in [1.165, 1.54) is 10.6 Å². The fourth-order valence-electron chi connectivity index (χ4n) is 1.94. The average Bonchev–Trinajstić information content (AvgIpc) is 2.68. The average molecular weight is 206 g/mol. The fraction of sp³-hybridized carbons (Fsp3) is 0.333. The Morgan fingerprint density at radius 2 is 2.36 bits per heavy atom. The summed E-state index contributed by atoms with van der Waals surface area (Å²) in [5, 5.41) is 4.91. The van der Waals surface area contributed by atoms with Crippen molar-refractivity contribution < 1.29 is 0 Å². The Kier molecular flexibility index (Phi) is 1.47. The van der Waals surface area contributed by atoms with Crippen molar-refractivity contribution in [2.24, 2.45) is 7.05 Å². The summed E-state index contributed by atoms with van der Waals surface area (Å²) >= 11 is 1.59. The molecular weight excluding hydrogens is 196 g/mol. The molecule has 0 spiro atoms. The van der Waals surface area contributed by atoms with Gasteiger partial charge < -0.3 is 5.73 Å². The van der Waals surface area contributed by atoms with Gasteiger partial charge in [0.25, 0.3) is 0 Å². The molecule has 5 heteroatoms. The standard InChI is InChI=1S/C9H10N4S/c1-13-6-2-3-7-8(5(6)4-11-13)12-9(10)14-7/h4H,2-3H2,1H3,(H2,10,12). The molecule has 0 saturated carbocycles. The van der Waals surface area contributed by atoms with E-state index in [2.05, 4.69) is 10.1 Å². The summed E-state index contributed by atoms with van der Waals surface area (Å²) in [7, 11) is 1.97. The summed E-state index contributed by atoms with van der Waals surface area (Å²) < 4.78 is 1.92. The van der Waals surface area contributed by atoms with Gasteiger partial charge in [-0.3, -0.25) is 4.68 Å². The number of nitrogens with two attached hydrogens (primary N) is 1. The van der Waals surface area contributed by atoms with E-state index in [1.54, 1.807) is 11.3 Å². The van der Waals surface area contributed by atoms with Crippen molar-refractivity contribution in [2.75, 3.05) is 5.73 Å². The highest BCUT2D eigenvalue weighted by molar-refractivity contribution is 7.15. The molecule has 72 valence electrons. The molecule has 0 aliphatic heterocycles. The largest absolute Gasteiger partial charge is 0.375 e. The molecule has 0 atom stereocenters. The third-order valence-corrected chi connectivity index (χ3v) is 3.56. The summed E-state index contributed by atoms with van der Waals surface area (Å²) in [5.41, 5.74) is 9.17. The van der Waals surface area contributed by atoms with Gasteiger partial charge in [-0.05, 0) is 12.8 Å². The molecule has 0 fully saturated rings. The van der Waals surface area contributed by atoms with Crippen LogP contribution in [-0.4, -0.2) is 14.8 Å². The molecule has 0 amide bonds. The Morgan fingerprint density at radius 3 is 3.21 bits per heavy atom. The monoisotopic (exact) mass is 206 g/mol. The number of hydrogen-bond acceptors (Lipinski definition) is 4. The number of aromatic nitrogens is 3. The maximum absolute atomic E-state index is 5.70. The second-order valence-electron chi connectivity index (χ2n) is 3.45. The van der Waals surface area contributed by atoms with Crippen LogP contribution in [0, 0.1) is 0 Å². The highest BCUT2D eigenvalue weighted by atomic mass is 32.1. The molecule has 2 N–H and O–H groups in total. The number of thiazole rings is 1. The SMILES string of the molecule is Cn1ncc2c1CCc1sc(N)nc1-2. The second kappa shape index (κ2) is 2.57. The minimum Gasteiger partial charge on any atom is -0.375 e. The van der Waals surface area contributed by atoms with E-state index in [0.29, 0.717) is 5.13 Å². The predicted octanol–water partition coefficient (Wildman–Crippen LogP) is 1.22. The van der Waals surface area contributed by atoms with E-state index in [9.17, 15) is 0 Å². The Bertz CT molecular complexity index is 497. The number of rotatable bonds is 0. The molecule has 2 aromatic heterocycles. The molecule has 0 radical (unpaired) electrons. The van der Waals surface area contributed by atoms with Crippen LogP contribution in [0.25, 0.3) is 11.3 Å². The van der Waals surface area contributed by atoms with Crippen molar-refractivity contribution >= 4 is 16.5 Å². The zero-order valence-electron chi connectivity index (χ0n) is 7.82. The highest BCUT2D eigenvalue weighted by Gasteiger charge is 2.22. The molecule has 0 aromatic carbocycles. The molecule has 3 rings (SSSR count). The number of hydrogen-bond donors (Lipinski definition) is 1. The van der Waals surface area contributed by atoms with Crippen LogP contribution >= 0.6 is 11.3 Å². The summed E-state index contributed by atoms with van der Waals surface area (Å²) in [6.07, 6.45) is 3.96. The number of fused-ring (bicyclic) bond motifs is 3. The molecule has 4 nitrogen and oxygen atoms in total. The lowest BCUT2D eigenvalue weighted by atomic mass is 10.0. The quantitative estimate of drug-likeness (QED) is 0.705. The Morgan fingerprint density at radius 1 is 1.50 bits per heavy atom. The highest BCUT2D eigenvalue weighted by Crippen LogP contribution is 2.36. The van der Waals surface area contributed by atoms with Crippen LogP contribution < -0.4 is 5.73 Å². The molecule has 0 saturated heterocycles. The third-order valence-electron chi connectivity index (χ3n) is 2.62. The third kappa shape index (κ3) is 0.928. The van der Waals surface area contributed by atoms with Crippen molar-refractivity contribution in [3.8, 4) is 11.3 Å². The first-order valence-corrected chi connectivity index (χ1v) is 5.34. The first kappa shape index (κ1) is 7.99. The first-order valence-electron chi connectivity index (χ1n) is 4.52. The molecule has 1 aliphatic carbocycles. The number of nitrogen functional groups attached to an aromatic ring is 1. The Labute approximate surface area is 85.4 Å². The van der Waals surface area contributed by atoms with Gasteiger partial charge in [-0.2, -0.15) is 5.10 Å². The lowest BCUT2D eigenvalue weighted by Gasteiger charge is -2.10. The van der Waals surface area contributed by atoms with Gasteiger partial charge in [-0.1, -0.05) is 0 Å². The number of anilines is 1. The van der Waals surface area contributed by atoms with Crippen molar-refractivity contribution in [1.29, 1.82) is 0 Å². The molecule has 2 heterocycles. The zero-order chi connectivity index (χ0) is 9.71. The van der Waals surface area contributed by atoms with Gasteiger partial charge in [-0.15, -0.1) is 11.3 Å². The minimum atomic E-state index is 0.659. The van der Waals surface area contributed by atoms with Crippen LogP contribution in [0.5, 0.6) is 0 Å². The van der Waals surface area contributed by atoms with Crippen molar-refractivity contribution in [2.45, 2.75) is 12.8 Å². The van der Waals surface area contributed by atoms with Crippen LogP contribution in [0.2, 0.25) is 0 Å². The van der Waals surface area contributed by atoms with Crippen molar-refractivity contribution in [1.82, 2.24) is 14.8 Å². The number of nitrogens with zero attached hydrogens (tertiary/aromatic N) is 3. The van der Waals surface area contributed by atoms with Crippen LogP contribution in [0.3, 0.4) is 0 Å². The summed E-state index contributed by atoms with van der Waals surface area (Å²) in [5.74, 6) is 0. The zero-order valence-corrected chi connectivity index (χ0v) is 8.64. The van der Waals surface area contributed by atoms with E-state index in [0.717, 1.165) is 24.1 Å². The van der Waals surface area contributed by atoms with Crippen LogP contribution in [0.4, 0.5) is 5.13 Å². The maximum atomic E-state index is 5.70. The van der Waals surface area contributed by atoms with E-state index in [4.69, 9.17) is 5.73 Å². The van der Waals surface area contributed by atoms with Crippen molar-refractivity contribution in [3.63, 3.8) is 0 Å². The Balaban J connectivity index is 2.28. The van der Waals surface area contributed by atoms with Gasteiger partial charge in [0.2, 0.25) is 0 Å².